The highest BCUT2D eigenvalue weighted by molar-refractivity contribution is 14.0. The maximum Gasteiger partial charge on any atom is 0.191 e. The monoisotopic (exact) mass is 530 g/mol. The molecule has 9 heteroatoms. The predicted molar refractivity (Wildman–Crippen MR) is 125 cm³/mol. The first kappa shape index (κ1) is 22.4. The van der Waals surface area contributed by atoms with Crippen molar-refractivity contribution in [2.75, 3.05) is 6.54 Å². The maximum atomic E-state index is 6.22. The molecular weight excluding hydrogens is 510 g/mol. The van der Waals surface area contributed by atoms with Crippen molar-refractivity contribution >= 4 is 53.1 Å². The lowest BCUT2D eigenvalue weighted by Gasteiger charge is -2.12. The Labute approximate surface area is 191 Å². The number of hydrogen-bond donors (Lipinski definition) is 2. The molecule has 6 nitrogen and oxygen atoms in total. The number of aromatic nitrogens is 3. The number of aliphatic imine (C=N–C) groups is 1. The van der Waals surface area contributed by atoms with Gasteiger partial charge >= 0.3 is 0 Å². The van der Waals surface area contributed by atoms with Gasteiger partial charge in [0.1, 0.15) is 12.7 Å². The first-order valence-corrected chi connectivity index (χ1v) is 9.31. The van der Waals surface area contributed by atoms with E-state index in [1.807, 2.05) is 43.3 Å². The molecule has 0 fully saturated rings. The van der Waals surface area contributed by atoms with Crippen LogP contribution in [0, 0.1) is 0 Å². The fraction of sp³-hybridized carbons (Fsp3) is 0.211. The Morgan fingerprint density at radius 2 is 1.89 bits per heavy atom. The Balaban J connectivity index is 0.00000280. The number of nitrogens with one attached hydrogen (secondary N) is 2. The number of halogens is 3. The zero-order valence-electron chi connectivity index (χ0n) is 15.3. The highest BCUT2D eigenvalue weighted by Gasteiger charge is 2.04. The molecule has 3 rings (SSSR count). The van der Waals surface area contributed by atoms with Gasteiger partial charge in [0.2, 0.25) is 0 Å². The molecule has 1 aromatic heterocycles. The summed E-state index contributed by atoms with van der Waals surface area (Å²) < 4.78 is 1.72. The lowest BCUT2D eigenvalue weighted by molar-refractivity contribution is 0.816. The van der Waals surface area contributed by atoms with Crippen LogP contribution in [-0.2, 0) is 13.1 Å². The second kappa shape index (κ2) is 11.2. The minimum atomic E-state index is 0. The van der Waals surface area contributed by atoms with E-state index in [9.17, 15) is 0 Å². The molecule has 0 spiro atoms. The van der Waals surface area contributed by atoms with Crippen LogP contribution in [0.2, 0.25) is 10.0 Å². The first-order chi connectivity index (χ1) is 13.2. The van der Waals surface area contributed by atoms with Crippen LogP contribution in [0.5, 0.6) is 0 Å². The molecule has 148 valence electrons. The van der Waals surface area contributed by atoms with E-state index in [-0.39, 0.29) is 24.0 Å². The predicted octanol–water partition coefficient (Wildman–Crippen LogP) is 4.45. The number of benzene rings is 2. The summed E-state index contributed by atoms with van der Waals surface area (Å²) in [6, 6.07) is 13.5. The molecule has 0 aliphatic carbocycles. The Morgan fingerprint density at radius 1 is 1.11 bits per heavy atom. The van der Waals surface area contributed by atoms with Gasteiger partial charge in [0.05, 0.1) is 12.2 Å². The summed E-state index contributed by atoms with van der Waals surface area (Å²) in [5.74, 6) is 0.726. The Hall–Kier alpha value is -1.84. The van der Waals surface area contributed by atoms with Gasteiger partial charge in [0, 0.05) is 23.1 Å². The van der Waals surface area contributed by atoms with Crippen LogP contribution in [-0.4, -0.2) is 27.3 Å². The van der Waals surface area contributed by atoms with Crippen molar-refractivity contribution in [3.8, 4) is 5.69 Å². The topological polar surface area (TPSA) is 67.1 Å². The summed E-state index contributed by atoms with van der Waals surface area (Å²) in [4.78, 5) is 8.58. The van der Waals surface area contributed by atoms with Gasteiger partial charge in [-0.25, -0.2) is 14.7 Å². The molecule has 0 saturated carbocycles. The van der Waals surface area contributed by atoms with Crippen molar-refractivity contribution < 1.29 is 0 Å². The number of guanidine groups is 1. The van der Waals surface area contributed by atoms with E-state index < -0.39 is 0 Å². The van der Waals surface area contributed by atoms with E-state index in [0.717, 1.165) is 29.3 Å². The quantitative estimate of drug-likeness (QED) is 0.281. The lowest BCUT2D eigenvalue weighted by atomic mass is 10.2. The minimum Gasteiger partial charge on any atom is -0.357 e. The van der Waals surface area contributed by atoms with E-state index in [4.69, 9.17) is 23.2 Å². The molecule has 0 aliphatic heterocycles. The Kier molecular flexibility index (Phi) is 9.01. The SMILES string of the molecule is CCNC(=NCc1ccc(-n2cncn2)cc1)NCc1ccc(Cl)cc1Cl.I. The standard InChI is InChI=1S/C19H20Cl2N6.HI/c1-2-23-19(25-11-15-5-6-16(20)9-18(15)21)24-10-14-3-7-17(8-4-14)27-13-22-12-26-27;/h3-9,12-13H,2,10-11H2,1H3,(H2,23,24,25);1H. The van der Waals surface area contributed by atoms with Crippen molar-refractivity contribution in [1.82, 2.24) is 25.4 Å². The van der Waals surface area contributed by atoms with E-state index in [2.05, 4.69) is 25.7 Å². The molecule has 0 saturated heterocycles. The molecule has 0 unspecified atom stereocenters. The average molecular weight is 531 g/mol. The second-order valence-corrected chi connectivity index (χ2v) is 6.63. The second-order valence-electron chi connectivity index (χ2n) is 5.79. The van der Waals surface area contributed by atoms with Crippen molar-refractivity contribution in [3.63, 3.8) is 0 Å². The third-order valence-electron chi connectivity index (χ3n) is 3.84. The van der Waals surface area contributed by atoms with Gasteiger partial charge in [-0.2, -0.15) is 5.10 Å². The highest BCUT2D eigenvalue weighted by atomic mass is 127. The molecular formula is C19H21Cl2IN6. The maximum absolute atomic E-state index is 6.22. The molecule has 28 heavy (non-hydrogen) atoms. The van der Waals surface area contributed by atoms with Crippen molar-refractivity contribution in [2.45, 2.75) is 20.0 Å². The van der Waals surface area contributed by atoms with E-state index >= 15 is 0 Å². The van der Waals surface area contributed by atoms with Gasteiger partial charge < -0.3 is 10.6 Å². The summed E-state index contributed by atoms with van der Waals surface area (Å²) in [5, 5.41) is 11.9. The van der Waals surface area contributed by atoms with Crippen LogP contribution >= 0.6 is 47.2 Å². The summed E-state index contributed by atoms with van der Waals surface area (Å²) in [5.41, 5.74) is 3.02. The van der Waals surface area contributed by atoms with Crippen molar-refractivity contribution in [3.05, 3.63) is 76.3 Å². The van der Waals surface area contributed by atoms with Crippen molar-refractivity contribution in [2.24, 2.45) is 4.99 Å². The smallest absolute Gasteiger partial charge is 0.191 e. The Morgan fingerprint density at radius 3 is 2.54 bits per heavy atom. The number of hydrogen-bond acceptors (Lipinski definition) is 3. The fourth-order valence-electron chi connectivity index (χ4n) is 2.45. The van der Waals surface area contributed by atoms with Crippen LogP contribution in [0.4, 0.5) is 0 Å². The third kappa shape index (κ3) is 6.35. The highest BCUT2D eigenvalue weighted by Crippen LogP contribution is 2.20. The normalized spacial score (nSPS) is 11.0. The van der Waals surface area contributed by atoms with Crippen LogP contribution in [0.3, 0.4) is 0 Å². The van der Waals surface area contributed by atoms with E-state index in [1.165, 1.54) is 6.33 Å². The minimum absolute atomic E-state index is 0. The van der Waals surface area contributed by atoms with E-state index in [1.54, 1.807) is 17.1 Å². The van der Waals surface area contributed by atoms with Crippen LogP contribution in [0.1, 0.15) is 18.1 Å². The van der Waals surface area contributed by atoms with Crippen LogP contribution in [0.15, 0.2) is 60.1 Å². The lowest BCUT2D eigenvalue weighted by Crippen LogP contribution is -2.36. The van der Waals surface area contributed by atoms with Gasteiger partial charge in [-0.15, -0.1) is 24.0 Å². The molecule has 0 bridgehead atoms. The van der Waals surface area contributed by atoms with Gasteiger partial charge in [-0.1, -0.05) is 41.4 Å². The molecule has 0 amide bonds. The Bertz CT molecular complexity index is 897. The molecule has 2 N–H and O–H groups in total. The summed E-state index contributed by atoms with van der Waals surface area (Å²) in [6.07, 6.45) is 3.18. The van der Waals surface area contributed by atoms with Crippen molar-refractivity contribution in [1.29, 1.82) is 0 Å². The molecule has 0 radical (unpaired) electrons. The molecule has 0 aliphatic rings. The number of nitrogens with zero attached hydrogens (tertiary/aromatic N) is 4. The fourth-order valence-corrected chi connectivity index (χ4v) is 2.93. The summed E-state index contributed by atoms with van der Waals surface area (Å²) >= 11 is 12.2. The molecule has 3 aromatic rings. The van der Waals surface area contributed by atoms with Gasteiger partial charge in [-0.05, 0) is 42.3 Å². The zero-order valence-corrected chi connectivity index (χ0v) is 19.1. The molecule has 2 aromatic carbocycles. The van der Waals surface area contributed by atoms with Gasteiger partial charge in [-0.3, -0.25) is 0 Å². The number of rotatable bonds is 6. The van der Waals surface area contributed by atoms with E-state index in [0.29, 0.717) is 23.1 Å². The van der Waals surface area contributed by atoms with Gasteiger partial charge in [0.25, 0.3) is 0 Å². The molecule has 0 atom stereocenters. The molecule has 1 heterocycles. The largest absolute Gasteiger partial charge is 0.357 e. The van der Waals surface area contributed by atoms with Crippen LogP contribution in [0.25, 0.3) is 5.69 Å². The zero-order chi connectivity index (χ0) is 19.1. The summed E-state index contributed by atoms with van der Waals surface area (Å²) in [7, 11) is 0. The average Bonchev–Trinajstić information content (AvgIpc) is 3.20. The van der Waals surface area contributed by atoms with Gasteiger partial charge in [0.15, 0.2) is 5.96 Å². The summed E-state index contributed by atoms with van der Waals surface area (Å²) in [6.45, 7) is 3.92. The van der Waals surface area contributed by atoms with Crippen LogP contribution < -0.4 is 10.6 Å². The third-order valence-corrected chi connectivity index (χ3v) is 4.43. The first-order valence-electron chi connectivity index (χ1n) is 8.55.